The van der Waals surface area contributed by atoms with Gasteiger partial charge in [0.1, 0.15) is 11.0 Å². The minimum Gasteiger partial charge on any atom is -0.383 e. The van der Waals surface area contributed by atoms with Gasteiger partial charge in [0.05, 0.1) is 18.2 Å². The van der Waals surface area contributed by atoms with Crippen molar-refractivity contribution in [3.63, 3.8) is 0 Å². The van der Waals surface area contributed by atoms with Crippen molar-refractivity contribution in [3.8, 4) is 11.1 Å². The smallest absolute Gasteiger partial charge is 0.329 e. The highest BCUT2D eigenvalue weighted by molar-refractivity contribution is 6.32. The van der Waals surface area contributed by atoms with E-state index in [0.717, 1.165) is 4.57 Å². The number of aromatic amines is 1. The minimum absolute atomic E-state index is 0.0718. The van der Waals surface area contributed by atoms with Crippen LogP contribution in [0.15, 0.2) is 33.9 Å². The number of nitrogens with zero attached hydrogens (tertiary/aromatic N) is 1. The third-order valence-corrected chi connectivity index (χ3v) is 3.35. The van der Waals surface area contributed by atoms with Gasteiger partial charge in [-0.3, -0.25) is 14.3 Å². The van der Waals surface area contributed by atoms with E-state index in [1.807, 2.05) is 0 Å². The molecular weight excluding hydrogens is 299 g/mol. The first-order valence-electron chi connectivity index (χ1n) is 6.25. The van der Waals surface area contributed by atoms with E-state index in [0.29, 0.717) is 5.56 Å². The Hall–Kier alpha value is -1.92. The van der Waals surface area contributed by atoms with Gasteiger partial charge in [-0.05, 0) is 24.6 Å². The summed E-state index contributed by atoms with van der Waals surface area (Å²) in [6.07, 6.45) is 0. The highest BCUT2D eigenvalue weighted by Crippen LogP contribution is 2.22. The van der Waals surface area contributed by atoms with Gasteiger partial charge in [-0.15, -0.1) is 0 Å². The molecule has 1 N–H and O–H groups in total. The summed E-state index contributed by atoms with van der Waals surface area (Å²) < 4.78 is 19.0. The van der Waals surface area contributed by atoms with Crippen molar-refractivity contribution in [1.29, 1.82) is 0 Å². The Morgan fingerprint density at radius 2 is 1.95 bits per heavy atom. The third kappa shape index (κ3) is 3.06. The molecule has 0 bridgehead atoms. The van der Waals surface area contributed by atoms with Crippen molar-refractivity contribution in [2.75, 3.05) is 13.7 Å². The number of rotatable bonds is 4. The van der Waals surface area contributed by atoms with Crippen molar-refractivity contribution in [3.05, 3.63) is 56.1 Å². The number of hydrogen-bond acceptors (Lipinski definition) is 3. The van der Waals surface area contributed by atoms with Gasteiger partial charge >= 0.3 is 5.69 Å². The zero-order valence-electron chi connectivity index (χ0n) is 11.5. The Balaban J connectivity index is 2.67. The van der Waals surface area contributed by atoms with E-state index < -0.39 is 23.1 Å². The quantitative estimate of drug-likeness (QED) is 0.880. The van der Waals surface area contributed by atoms with Crippen LogP contribution in [0.1, 0.15) is 13.0 Å². The zero-order valence-corrected chi connectivity index (χ0v) is 12.3. The predicted octanol–water partition coefficient (Wildman–Crippen LogP) is 2.20. The van der Waals surface area contributed by atoms with Crippen molar-refractivity contribution in [2.24, 2.45) is 0 Å². The van der Waals surface area contributed by atoms with Gasteiger partial charge in [-0.1, -0.05) is 23.7 Å². The van der Waals surface area contributed by atoms with Crippen LogP contribution in [-0.4, -0.2) is 23.3 Å². The van der Waals surface area contributed by atoms with E-state index >= 15 is 0 Å². The summed E-state index contributed by atoms with van der Waals surface area (Å²) in [6.45, 7) is 1.88. The number of halogens is 2. The molecule has 1 aromatic carbocycles. The molecule has 7 heteroatoms. The molecule has 1 aromatic heterocycles. The standard InChI is InChI=1S/C14H14ClFN2O3/c1-8(7-21-2)18-13(19)11(12(15)17-14(18)20)9-3-5-10(16)6-4-9/h3-6,8H,7H2,1-2H3,(H,17,20). The van der Waals surface area contributed by atoms with E-state index in [1.54, 1.807) is 6.92 Å². The van der Waals surface area contributed by atoms with Crippen molar-refractivity contribution in [1.82, 2.24) is 9.55 Å². The molecule has 0 aliphatic carbocycles. The topological polar surface area (TPSA) is 64.1 Å². The fraction of sp³-hybridized carbons (Fsp3) is 0.286. The highest BCUT2D eigenvalue weighted by Gasteiger charge is 2.18. The Morgan fingerprint density at radius 1 is 1.33 bits per heavy atom. The van der Waals surface area contributed by atoms with Crippen LogP contribution < -0.4 is 11.2 Å². The van der Waals surface area contributed by atoms with Crippen LogP contribution in [0.2, 0.25) is 5.15 Å². The maximum atomic E-state index is 13.0. The van der Waals surface area contributed by atoms with E-state index in [1.165, 1.54) is 31.4 Å². The number of aromatic nitrogens is 2. The molecule has 21 heavy (non-hydrogen) atoms. The first-order valence-corrected chi connectivity index (χ1v) is 6.62. The average Bonchev–Trinajstić information content (AvgIpc) is 2.40. The summed E-state index contributed by atoms with van der Waals surface area (Å²) >= 11 is 5.97. The second-order valence-corrected chi connectivity index (χ2v) is 4.98. The molecule has 2 rings (SSSR count). The van der Waals surface area contributed by atoms with Crippen LogP contribution in [0.4, 0.5) is 4.39 Å². The normalized spacial score (nSPS) is 12.4. The van der Waals surface area contributed by atoms with Crippen molar-refractivity contribution in [2.45, 2.75) is 13.0 Å². The molecule has 112 valence electrons. The lowest BCUT2D eigenvalue weighted by molar-refractivity contribution is 0.159. The Morgan fingerprint density at radius 3 is 2.52 bits per heavy atom. The number of methoxy groups -OCH3 is 1. The lowest BCUT2D eigenvalue weighted by Crippen LogP contribution is -2.39. The molecule has 0 amide bonds. The first kappa shape index (κ1) is 15.5. The van der Waals surface area contributed by atoms with Crippen LogP contribution in [0, 0.1) is 5.82 Å². The van der Waals surface area contributed by atoms with Crippen LogP contribution in [0.5, 0.6) is 0 Å². The SMILES string of the molecule is COCC(C)n1c(=O)[nH]c(Cl)c(-c2ccc(F)cc2)c1=O. The van der Waals surface area contributed by atoms with Gasteiger partial charge in [0.2, 0.25) is 0 Å². The molecule has 0 fully saturated rings. The predicted molar refractivity (Wildman–Crippen MR) is 78.3 cm³/mol. The van der Waals surface area contributed by atoms with Crippen molar-refractivity contribution < 1.29 is 9.13 Å². The molecule has 0 aliphatic heterocycles. The first-order chi connectivity index (χ1) is 9.95. The second kappa shape index (κ2) is 6.24. The van der Waals surface area contributed by atoms with Gasteiger partial charge in [0, 0.05) is 7.11 Å². The number of nitrogens with one attached hydrogen (secondary N) is 1. The van der Waals surface area contributed by atoms with E-state index in [2.05, 4.69) is 4.98 Å². The monoisotopic (exact) mass is 312 g/mol. The third-order valence-electron chi connectivity index (χ3n) is 3.07. The molecule has 0 saturated heterocycles. The van der Waals surface area contributed by atoms with Crippen LogP contribution in [0.3, 0.4) is 0 Å². The van der Waals surface area contributed by atoms with E-state index in [4.69, 9.17) is 16.3 Å². The molecule has 2 aromatic rings. The summed E-state index contributed by atoms with van der Waals surface area (Å²) in [7, 11) is 1.48. The zero-order chi connectivity index (χ0) is 15.6. The van der Waals surface area contributed by atoms with Gasteiger partial charge < -0.3 is 4.74 Å². The number of hydrogen-bond donors (Lipinski definition) is 1. The summed E-state index contributed by atoms with van der Waals surface area (Å²) in [6, 6.07) is 4.85. The van der Waals surface area contributed by atoms with E-state index in [9.17, 15) is 14.0 Å². The molecule has 1 unspecified atom stereocenters. The minimum atomic E-state index is -0.611. The average molecular weight is 313 g/mol. The molecule has 1 atom stereocenters. The lowest BCUT2D eigenvalue weighted by atomic mass is 10.1. The Kier molecular flexibility index (Phi) is 4.59. The summed E-state index contributed by atoms with van der Waals surface area (Å²) in [4.78, 5) is 26.9. The van der Waals surface area contributed by atoms with Crippen LogP contribution in [0.25, 0.3) is 11.1 Å². The molecule has 1 heterocycles. The molecule has 0 aliphatic rings. The van der Waals surface area contributed by atoms with E-state index in [-0.39, 0.29) is 17.3 Å². The highest BCUT2D eigenvalue weighted by atomic mass is 35.5. The van der Waals surface area contributed by atoms with Crippen LogP contribution in [-0.2, 0) is 4.74 Å². The molecular formula is C14H14ClFN2O3. The van der Waals surface area contributed by atoms with Crippen molar-refractivity contribution >= 4 is 11.6 Å². The van der Waals surface area contributed by atoms with Gasteiger partial charge in [-0.2, -0.15) is 0 Å². The molecule has 0 saturated carbocycles. The Labute approximate surface area is 125 Å². The fourth-order valence-corrected chi connectivity index (χ4v) is 2.38. The summed E-state index contributed by atoms with van der Waals surface area (Å²) in [5, 5.41) is -0.0718. The van der Waals surface area contributed by atoms with Gasteiger partial charge in [0.25, 0.3) is 5.56 Å². The molecule has 5 nitrogen and oxygen atoms in total. The summed E-state index contributed by atoms with van der Waals surface area (Å²) in [5.74, 6) is -0.424. The number of H-pyrrole nitrogens is 1. The number of ether oxygens (including phenoxy) is 1. The maximum Gasteiger partial charge on any atom is 0.329 e. The molecule has 0 spiro atoms. The Bertz CT molecular complexity index is 752. The van der Waals surface area contributed by atoms with Gasteiger partial charge in [0.15, 0.2) is 0 Å². The van der Waals surface area contributed by atoms with Crippen LogP contribution >= 0.6 is 11.6 Å². The second-order valence-electron chi connectivity index (χ2n) is 4.61. The van der Waals surface area contributed by atoms with Gasteiger partial charge in [-0.25, -0.2) is 9.18 Å². The number of benzene rings is 1. The molecule has 0 radical (unpaired) electrons. The summed E-state index contributed by atoms with van der Waals surface area (Å²) in [5.41, 5.74) is -0.597. The maximum absolute atomic E-state index is 13.0. The largest absolute Gasteiger partial charge is 0.383 e. The lowest BCUT2D eigenvalue weighted by Gasteiger charge is -2.15. The fourth-order valence-electron chi connectivity index (χ4n) is 2.11.